The molecule has 1 nitrogen and oxygen atoms in total. The predicted octanol–water partition coefficient (Wildman–Crippen LogP) is 1.32. The Morgan fingerprint density at radius 1 is 1.75 bits per heavy atom. The maximum absolute atomic E-state index is 12.1. The highest BCUT2D eigenvalue weighted by atomic mass is 19.1. The minimum Gasteiger partial charge on any atom is -0.300 e. The Labute approximate surface area is 47.9 Å². The number of alkyl halides is 1. The van der Waals surface area contributed by atoms with Crippen molar-refractivity contribution >= 4 is 6.29 Å². The number of hydrogen-bond acceptors (Lipinski definition) is 1. The molecule has 8 heavy (non-hydrogen) atoms. The maximum atomic E-state index is 12.1. The second-order valence-electron chi connectivity index (χ2n) is 2.33. The van der Waals surface area contributed by atoms with Crippen molar-refractivity contribution in [2.45, 2.75) is 25.4 Å². The summed E-state index contributed by atoms with van der Waals surface area (Å²) < 4.78 is 12.1. The molecule has 1 rings (SSSR count). The van der Waals surface area contributed by atoms with E-state index in [9.17, 15) is 9.18 Å². The molecule has 1 atom stereocenters. The average molecular weight is 116 g/mol. The summed E-state index contributed by atoms with van der Waals surface area (Å²) in [5.74, 6) is 0.523. The lowest BCUT2D eigenvalue weighted by Crippen LogP contribution is -2.01. The van der Waals surface area contributed by atoms with Gasteiger partial charge in [-0.1, -0.05) is 12.8 Å². The fourth-order valence-corrected chi connectivity index (χ4v) is 0.728. The topological polar surface area (TPSA) is 17.1 Å². The van der Waals surface area contributed by atoms with Gasteiger partial charge < -0.3 is 4.79 Å². The molecule has 0 aromatic carbocycles. The minimum absolute atomic E-state index is 0.387. The van der Waals surface area contributed by atoms with Crippen molar-refractivity contribution < 1.29 is 9.18 Å². The zero-order valence-corrected chi connectivity index (χ0v) is 4.64. The first-order chi connectivity index (χ1) is 3.83. The molecule has 0 radical (unpaired) electrons. The summed E-state index contributed by atoms with van der Waals surface area (Å²) in [5, 5.41) is 0. The van der Waals surface area contributed by atoms with E-state index in [1.165, 1.54) is 0 Å². The van der Waals surface area contributed by atoms with Gasteiger partial charge >= 0.3 is 0 Å². The lowest BCUT2D eigenvalue weighted by Gasteiger charge is -1.93. The largest absolute Gasteiger partial charge is 0.300 e. The Balaban J connectivity index is 2.06. The van der Waals surface area contributed by atoms with Gasteiger partial charge in [-0.3, -0.25) is 0 Å². The van der Waals surface area contributed by atoms with E-state index in [4.69, 9.17) is 0 Å². The number of rotatable bonds is 3. The van der Waals surface area contributed by atoms with Gasteiger partial charge in [-0.25, -0.2) is 4.39 Å². The zero-order chi connectivity index (χ0) is 5.98. The Hall–Kier alpha value is -0.400. The smallest absolute Gasteiger partial charge is 0.155 e. The lowest BCUT2D eigenvalue weighted by molar-refractivity contribution is -0.112. The van der Waals surface area contributed by atoms with Gasteiger partial charge in [0.05, 0.1) is 0 Å². The summed E-state index contributed by atoms with van der Waals surface area (Å²) in [6.45, 7) is 0. The van der Waals surface area contributed by atoms with Gasteiger partial charge in [0.15, 0.2) is 12.5 Å². The standard InChI is InChI=1S/C6H9FO/c7-6(4-8)3-5-1-2-5/h4-6H,1-3H2. The Morgan fingerprint density at radius 2 is 2.38 bits per heavy atom. The quantitative estimate of drug-likeness (QED) is 0.508. The van der Waals surface area contributed by atoms with Crippen molar-refractivity contribution in [1.29, 1.82) is 0 Å². The van der Waals surface area contributed by atoms with E-state index in [0.717, 1.165) is 12.8 Å². The van der Waals surface area contributed by atoms with Crippen LogP contribution >= 0.6 is 0 Å². The second-order valence-corrected chi connectivity index (χ2v) is 2.33. The second kappa shape index (κ2) is 2.25. The van der Waals surface area contributed by atoms with Crippen LogP contribution in [0, 0.1) is 5.92 Å². The third-order valence-electron chi connectivity index (χ3n) is 1.40. The van der Waals surface area contributed by atoms with Crippen LogP contribution in [0.3, 0.4) is 0 Å². The fraction of sp³-hybridized carbons (Fsp3) is 0.833. The van der Waals surface area contributed by atoms with E-state index < -0.39 is 6.17 Å². The van der Waals surface area contributed by atoms with Crippen LogP contribution in [0.4, 0.5) is 4.39 Å². The van der Waals surface area contributed by atoms with Crippen LogP contribution in [-0.2, 0) is 4.79 Å². The molecular formula is C6H9FO. The first-order valence-electron chi connectivity index (χ1n) is 2.92. The summed E-state index contributed by atoms with van der Waals surface area (Å²) in [5.41, 5.74) is 0. The number of halogens is 1. The molecule has 1 fully saturated rings. The van der Waals surface area contributed by atoms with Crippen molar-refractivity contribution in [2.24, 2.45) is 5.92 Å². The molecule has 2 heteroatoms. The summed E-state index contributed by atoms with van der Waals surface area (Å²) in [4.78, 5) is 9.69. The van der Waals surface area contributed by atoms with E-state index in [1.54, 1.807) is 0 Å². The van der Waals surface area contributed by atoms with Crippen LogP contribution in [0.5, 0.6) is 0 Å². The number of hydrogen-bond donors (Lipinski definition) is 0. The highest BCUT2D eigenvalue weighted by Crippen LogP contribution is 2.33. The van der Waals surface area contributed by atoms with E-state index in [2.05, 4.69) is 0 Å². The van der Waals surface area contributed by atoms with Crippen LogP contribution in [0.2, 0.25) is 0 Å². The molecule has 1 aliphatic carbocycles. The SMILES string of the molecule is O=CC(F)CC1CC1. The van der Waals surface area contributed by atoms with Crippen molar-refractivity contribution in [3.8, 4) is 0 Å². The molecule has 0 saturated heterocycles. The van der Waals surface area contributed by atoms with Crippen molar-refractivity contribution in [1.82, 2.24) is 0 Å². The van der Waals surface area contributed by atoms with Crippen LogP contribution in [0.1, 0.15) is 19.3 Å². The molecule has 0 N–H and O–H groups in total. The third-order valence-corrected chi connectivity index (χ3v) is 1.40. The molecule has 1 saturated carbocycles. The predicted molar refractivity (Wildman–Crippen MR) is 28.3 cm³/mol. The summed E-state index contributed by atoms with van der Waals surface area (Å²) in [6, 6.07) is 0. The molecule has 0 aliphatic heterocycles. The van der Waals surface area contributed by atoms with Gasteiger partial charge in [-0.2, -0.15) is 0 Å². The van der Waals surface area contributed by atoms with Crippen molar-refractivity contribution in [3.63, 3.8) is 0 Å². The average Bonchev–Trinajstić information content (AvgIpc) is 2.50. The molecular weight excluding hydrogens is 107 g/mol. The summed E-state index contributed by atoms with van der Waals surface area (Å²) in [7, 11) is 0. The lowest BCUT2D eigenvalue weighted by atomic mass is 10.2. The Bertz CT molecular complexity index is 88.5. The van der Waals surface area contributed by atoms with Crippen molar-refractivity contribution in [2.75, 3.05) is 0 Å². The van der Waals surface area contributed by atoms with E-state index in [0.29, 0.717) is 18.6 Å². The van der Waals surface area contributed by atoms with Gasteiger partial charge in [-0.05, 0) is 12.3 Å². The van der Waals surface area contributed by atoms with Gasteiger partial charge in [0.2, 0.25) is 0 Å². The third kappa shape index (κ3) is 1.60. The monoisotopic (exact) mass is 116 g/mol. The molecule has 0 bridgehead atoms. The zero-order valence-electron chi connectivity index (χ0n) is 4.64. The Morgan fingerprint density at radius 3 is 2.75 bits per heavy atom. The molecule has 0 aromatic rings. The highest BCUT2D eigenvalue weighted by molar-refractivity contribution is 5.55. The molecule has 0 spiro atoms. The minimum atomic E-state index is -1.19. The number of carbonyl (C=O) groups excluding carboxylic acids is 1. The molecule has 0 amide bonds. The normalized spacial score (nSPS) is 22.6. The van der Waals surface area contributed by atoms with Gasteiger partial charge in [0.1, 0.15) is 0 Å². The highest BCUT2D eigenvalue weighted by Gasteiger charge is 2.24. The van der Waals surface area contributed by atoms with Gasteiger partial charge in [0.25, 0.3) is 0 Å². The maximum Gasteiger partial charge on any atom is 0.155 e. The summed E-state index contributed by atoms with van der Waals surface area (Å²) in [6.07, 6.45) is 1.90. The van der Waals surface area contributed by atoms with Crippen LogP contribution < -0.4 is 0 Å². The molecule has 46 valence electrons. The molecule has 1 unspecified atom stereocenters. The first kappa shape index (κ1) is 5.73. The van der Waals surface area contributed by atoms with Crippen LogP contribution in [0.15, 0.2) is 0 Å². The van der Waals surface area contributed by atoms with Crippen molar-refractivity contribution in [3.05, 3.63) is 0 Å². The van der Waals surface area contributed by atoms with E-state index >= 15 is 0 Å². The van der Waals surface area contributed by atoms with E-state index in [-0.39, 0.29) is 0 Å². The molecule has 1 aliphatic rings. The molecule has 0 aromatic heterocycles. The molecule has 0 heterocycles. The van der Waals surface area contributed by atoms with Gasteiger partial charge in [-0.15, -0.1) is 0 Å². The van der Waals surface area contributed by atoms with Gasteiger partial charge in [0, 0.05) is 0 Å². The van der Waals surface area contributed by atoms with Crippen LogP contribution in [-0.4, -0.2) is 12.5 Å². The first-order valence-corrected chi connectivity index (χ1v) is 2.92. The van der Waals surface area contributed by atoms with Crippen LogP contribution in [0.25, 0.3) is 0 Å². The number of carbonyl (C=O) groups is 1. The fourth-order valence-electron chi connectivity index (χ4n) is 0.728. The number of aldehydes is 1. The van der Waals surface area contributed by atoms with E-state index in [1.807, 2.05) is 0 Å². The summed E-state index contributed by atoms with van der Waals surface area (Å²) >= 11 is 0. The Kier molecular flexibility index (Phi) is 1.61.